The number of amides is 2. The summed E-state index contributed by atoms with van der Waals surface area (Å²) in [5.41, 5.74) is 1.44. The Bertz CT molecular complexity index is 706. The average Bonchev–Trinajstić information content (AvgIpc) is 2.49. The molecule has 0 aliphatic heterocycles. The molecule has 2 amide bonds. The molecule has 0 saturated carbocycles. The van der Waals surface area contributed by atoms with E-state index in [9.17, 15) is 13.6 Å². The monoisotopic (exact) mass is 320 g/mol. The van der Waals surface area contributed by atoms with Crippen molar-refractivity contribution in [3.05, 3.63) is 53.9 Å². The smallest absolute Gasteiger partial charge is 0.319 e. The fraction of sp³-hybridized carbons (Fsp3) is 0.250. The van der Waals surface area contributed by atoms with Crippen molar-refractivity contribution in [3.8, 4) is 0 Å². The lowest BCUT2D eigenvalue weighted by Crippen LogP contribution is -2.32. The molecule has 0 aliphatic carbocycles. The molecular formula is C16H18F2N4O. The molecule has 0 bridgehead atoms. The van der Waals surface area contributed by atoms with Crippen LogP contribution in [0.1, 0.15) is 18.5 Å². The highest BCUT2D eigenvalue weighted by Crippen LogP contribution is 2.26. The van der Waals surface area contributed by atoms with Crippen LogP contribution in [0.5, 0.6) is 0 Å². The molecular weight excluding hydrogens is 302 g/mol. The highest BCUT2D eigenvalue weighted by Gasteiger charge is 2.16. The summed E-state index contributed by atoms with van der Waals surface area (Å²) in [5.74, 6) is -1.02. The number of benzene rings is 1. The summed E-state index contributed by atoms with van der Waals surface area (Å²) in [5, 5.41) is 5.07. The number of hydrogen-bond donors (Lipinski definition) is 2. The maximum atomic E-state index is 13.5. The highest BCUT2D eigenvalue weighted by atomic mass is 19.1. The second-order valence-electron chi connectivity index (χ2n) is 5.27. The predicted molar refractivity (Wildman–Crippen MR) is 85.5 cm³/mol. The van der Waals surface area contributed by atoms with E-state index in [1.807, 2.05) is 19.0 Å². The fourth-order valence-corrected chi connectivity index (χ4v) is 2.19. The van der Waals surface area contributed by atoms with E-state index >= 15 is 0 Å². The van der Waals surface area contributed by atoms with Crippen molar-refractivity contribution in [1.82, 2.24) is 10.3 Å². The van der Waals surface area contributed by atoms with Gasteiger partial charge in [-0.15, -0.1) is 0 Å². The molecule has 1 aromatic heterocycles. The zero-order valence-electron chi connectivity index (χ0n) is 13.1. The first-order chi connectivity index (χ1) is 10.9. The van der Waals surface area contributed by atoms with Gasteiger partial charge in [-0.25, -0.2) is 13.6 Å². The van der Waals surface area contributed by atoms with Crippen LogP contribution in [0.2, 0.25) is 0 Å². The molecule has 0 radical (unpaired) electrons. The van der Waals surface area contributed by atoms with Gasteiger partial charge in [0.15, 0.2) is 5.82 Å². The second kappa shape index (κ2) is 7.04. The fourth-order valence-electron chi connectivity index (χ4n) is 2.19. The Labute approximate surface area is 133 Å². The van der Waals surface area contributed by atoms with Crippen LogP contribution < -0.4 is 15.5 Å². The van der Waals surface area contributed by atoms with E-state index in [2.05, 4.69) is 15.6 Å². The molecule has 122 valence electrons. The number of halogens is 2. The molecule has 0 spiro atoms. The number of hydrogen-bond acceptors (Lipinski definition) is 3. The first-order valence-electron chi connectivity index (χ1n) is 7.02. The number of nitrogens with zero attached hydrogens (tertiary/aromatic N) is 2. The van der Waals surface area contributed by atoms with Gasteiger partial charge in [0.1, 0.15) is 5.82 Å². The van der Waals surface area contributed by atoms with Crippen molar-refractivity contribution in [3.63, 3.8) is 0 Å². The van der Waals surface area contributed by atoms with Gasteiger partial charge in [0.2, 0.25) is 0 Å². The Hall–Kier alpha value is -2.70. The van der Waals surface area contributed by atoms with E-state index in [0.29, 0.717) is 5.56 Å². The van der Waals surface area contributed by atoms with Gasteiger partial charge in [0, 0.05) is 31.5 Å². The largest absolute Gasteiger partial charge is 0.377 e. The lowest BCUT2D eigenvalue weighted by Gasteiger charge is -2.22. The van der Waals surface area contributed by atoms with Crippen LogP contribution in [0.3, 0.4) is 0 Å². The van der Waals surface area contributed by atoms with Gasteiger partial charge in [0.05, 0.1) is 17.9 Å². The SMILES string of the molecule is CC(NC(=O)Nc1ccncc1F)c1cc(F)ccc1N(C)C. The van der Waals surface area contributed by atoms with Gasteiger partial charge in [0.25, 0.3) is 0 Å². The van der Waals surface area contributed by atoms with Crippen LogP contribution in [0.4, 0.5) is 25.0 Å². The van der Waals surface area contributed by atoms with Crippen molar-refractivity contribution in [2.75, 3.05) is 24.3 Å². The third kappa shape index (κ3) is 4.15. The van der Waals surface area contributed by atoms with E-state index in [4.69, 9.17) is 0 Å². The van der Waals surface area contributed by atoms with Gasteiger partial charge in [-0.2, -0.15) is 0 Å². The van der Waals surface area contributed by atoms with E-state index < -0.39 is 17.9 Å². The summed E-state index contributed by atoms with van der Waals surface area (Å²) < 4.78 is 27.0. The predicted octanol–water partition coefficient (Wildman–Crippen LogP) is 3.31. The van der Waals surface area contributed by atoms with E-state index in [1.165, 1.54) is 24.4 Å². The Morgan fingerprint density at radius 1 is 1.26 bits per heavy atom. The zero-order valence-corrected chi connectivity index (χ0v) is 13.1. The van der Waals surface area contributed by atoms with Gasteiger partial charge in [-0.1, -0.05) is 0 Å². The van der Waals surface area contributed by atoms with Crippen LogP contribution >= 0.6 is 0 Å². The van der Waals surface area contributed by atoms with Crippen molar-refractivity contribution in [2.24, 2.45) is 0 Å². The summed E-state index contributed by atoms with van der Waals surface area (Å²) in [6.45, 7) is 1.73. The Kier molecular flexibility index (Phi) is 5.10. The normalized spacial score (nSPS) is 11.7. The Balaban J connectivity index is 2.13. The molecule has 5 nitrogen and oxygen atoms in total. The Morgan fingerprint density at radius 2 is 2.00 bits per heavy atom. The number of rotatable bonds is 4. The molecule has 0 fully saturated rings. The third-order valence-corrected chi connectivity index (χ3v) is 3.31. The summed E-state index contributed by atoms with van der Waals surface area (Å²) in [4.78, 5) is 17.4. The lowest BCUT2D eigenvalue weighted by atomic mass is 10.1. The standard InChI is InChI=1S/C16H18F2N4O/c1-10(12-8-11(17)4-5-15(12)22(2)3)20-16(23)21-14-6-7-19-9-13(14)18/h4-10H,1-3H3,(H2,19,20,21,23). The first kappa shape index (κ1) is 16.7. The van der Waals surface area contributed by atoms with Crippen LogP contribution in [0, 0.1) is 11.6 Å². The quantitative estimate of drug-likeness (QED) is 0.909. The average molecular weight is 320 g/mol. The van der Waals surface area contributed by atoms with E-state index in [-0.39, 0.29) is 11.5 Å². The molecule has 2 rings (SSSR count). The van der Waals surface area contributed by atoms with Crippen LogP contribution in [-0.4, -0.2) is 25.1 Å². The minimum absolute atomic E-state index is 0.0248. The van der Waals surface area contributed by atoms with Crippen LogP contribution in [-0.2, 0) is 0 Å². The maximum Gasteiger partial charge on any atom is 0.319 e. The summed E-state index contributed by atoms with van der Waals surface area (Å²) in [6.07, 6.45) is 2.38. The van der Waals surface area contributed by atoms with Gasteiger partial charge < -0.3 is 15.5 Å². The second-order valence-corrected chi connectivity index (χ2v) is 5.27. The van der Waals surface area contributed by atoms with Crippen molar-refractivity contribution in [2.45, 2.75) is 13.0 Å². The molecule has 23 heavy (non-hydrogen) atoms. The van der Waals surface area contributed by atoms with Crippen molar-refractivity contribution >= 4 is 17.4 Å². The third-order valence-electron chi connectivity index (χ3n) is 3.31. The van der Waals surface area contributed by atoms with Crippen molar-refractivity contribution in [1.29, 1.82) is 0 Å². The molecule has 2 N–H and O–H groups in total. The number of pyridine rings is 1. The molecule has 1 heterocycles. The first-order valence-corrected chi connectivity index (χ1v) is 7.02. The molecule has 1 atom stereocenters. The molecule has 7 heteroatoms. The van der Waals surface area contributed by atoms with Gasteiger partial charge in [-0.05, 0) is 31.2 Å². The molecule has 1 aromatic carbocycles. The topological polar surface area (TPSA) is 57.3 Å². The van der Waals surface area contributed by atoms with E-state index in [0.717, 1.165) is 11.9 Å². The molecule has 0 aliphatic rings. The van der Waals surface area contributed by atoms with E-state index in [1.54, 1.807) is 13.0 Å². The minimum Gasteiger partial charge on any atom is -0.377 e. The lowest BCUT2D eigenvalue weighted by molar-refractivity contribution is 0.249. The Morgan fingerprint density at radius 3 is 2.65 bits per heavy atom. The molecule has 2 aromatic rings. The number of aromatic nitrogens is 1. The highest BCUT2D eigenvalue weighted by molar-refractivity contribution is 5.89. The van der Waals surface area contributed by atoms with Gasteiger partial charge in [-0.3, -0.25) is 4.98 Å². The number of carbonyl (C=O) groups is 1. The summed E-state index contributed by atoms with van der Waals surface area (Å²) in [6, 6.07) is 4.67. The molecule has 0 saturated heterocycles. The number of carbonyl (C=O) groups excluding carboxylic acids is 1. The van der Waals surface area contributed by atoms with Crippen molar-refractivity contribution < 1.29 is 13.6 Å². The number of anilines is 2. The number of urea groups is 1. The maximum absolute atomic E-state index is 13.5. The van der Waals surface area contributed by atoms with Gasteiger partial charge >= 0.3 is 6.03 Å². The zero-order chi connectivity index (χ0) is 17.0. The molecule has 1 unspecified atom stereocenters. The minimum atomic E-state index is -0.630. The number of nitrogens with one attached hydrogen (secondary N) is 2. The van der Waals surface area contributed by atoms with Crippen LogP contribution in [0.15, 0.2) is 36.7 Å². The van der Waals surface area contributed by atoms with Crippen LogP contribution in [0.25, 0.3) is 0 Å². The summed E-state index contributed by atoms with van der Waals surface area (Å²) in [7, 11) is 3.66. The summed E-state index contributed by atoms with van der Waals surface area (Å²) >= 11 is 0.